The Bertz CT molecular complexity index is 1870. The molecule has 0 aromatic rings. The Morgan fingerprint density at radius 1 is 0.611 bits per heavy atom. The average Bonchev–Trinajstić information content (AvgIpc) is 4.02. The summed E-state index contributed by atoms with van der Waals surface area (Å²) in [5.74, 6) is -7.41. The molecule has 2 aliphatic heterocycles. The molecule has 2 heterocycles. The number of nitrogens with zero attached hydrogens (tertiary/aromatic N) is 2. The highest BCUT2D eigenvalue weighted by molar-refractivity contribution is 5.98. The van der Waals surface area contributed by atoms with Gasteiger partial charge >= 0.3 is 0 Å². The largest absolute Gasteiger partial charge is 0.394 e. The van der Waals surface area contributed by atoms with Gasteiger partial charge < -0.3 is 78.2 Å². The molecule has 10 amide bonds. The minimum Gasteiger partial charge on any atom is -0.394 e. The molecule has 0 spiro atoms. The first-order chi connectivity index (χ1) is 34.0. The molecule has 2 aliphatic rings. The molecule has 72 heavy (non-hydrogen) atoms. The van der Waals surface area contributed by atoms with Gasteiger partial charge in [-0.1, -0.05) is 34.6 Å². The van der Waals surface area contributed by atoms with Gasteiger partial charge in [-0.25, -0.2) is 0 Å². The van der Waals surface area contributed by atoms with Crippen molar-refractivity contribution in [3.63, 3.8) is 0 Å². The Kier molecular flexibility index (Phi) is 27.4. The SMILES string of the molecule is CCCC(=O)NC(CCCCN)C(=O)NC(C(=O)NC(CC(C)C)C(=O)NC(CC(C)C)C(=O)N1CCCC1C(=O)NC(C(=O)N1CCCC1C(=O)NCC(=O)NCC(=O)NC(C=O)CO)C(C)O)C(C)O. The summed E-state index contributed by atoms with van der Waals surface area (Å²) in [6.07, 6.45) is 0.789. The third kappa shape index (κ3) is 20.4. The second-order valence-electron chi connectivity index (χ2n) is 19.4. The number of carbonyl (C=O) groups is 11. The van der Waals surface area contributed by atoms with Gasteiger partial charge in [0.15, 0.2) is 0 Å². The summed E-state index contributed by atoms with van der Waals surface area (Å²) in [7, 11) is 0. The minimum absolute atomic E-state index is 0.0805. The summed E-state index contributed by atoms with van der Waals surface area (Å²) in [4.78, 5) is 147. The molecular formula is C47H81N11O14. The molecule has 13 N–H and O–H groups in total. The zero-order valence-electron chi connectivity index (χ0n) is 42.8. The summed E-state index contributed by atoms with van der Waals surface area (Å²) < 4.78 is 0. The molecule has 0 radical (unpaired) electrons. The maximum Gasteiger partial charge on any atom is 0.248 e. The predicted octanol–water partition coefficient (Wildman–Crippen LogP) is -3.92. The number of unbranched alkanes of at least 4 members (excludes halogenated alkanes) is 1. The number of hydrogen-bond acceptors (Lipinski definition) is 15. The molecule has 0 aromatic carbocycles. The normalized spacial score (nSPS) is 18.8. The third-order valence-electron chi connectivity index (χ3n) is 12.1. The van der Waals surface area contributed by atoms with E-state index in [2.05, 4.69) is 42.5 Å². The summed E-state index contributed by atoms with van der Waals surface area (Å²) in [5, 5.41) is 50.6. The van der Waals surface area contributed by atoms with Crippen molar-refractivity contribution in [2.24, 2.45) is 17.6 Å². The van der Waals surface area contributed by atoms with Crippen molar-refractivity contribution in [1.82, 2.24) is 52.3 Å². The Morgan fingerprint density at radius 3 is 1.69 bits per heavy atom. The van der Waals surface area contributed by atoms with E-state index in [9.17, 15) is 63.0 Å². The van der Waals surface area contributed by atoms with E-state index in [0.29, 0.717) is 44.9 Å². The molecule has 2 saturated heterocycles. The van der Waals surface area contributed by atoms with Gasteiger partial charge in [0.25, 0.3) is 0 Å². The van der Waals surface area contributed by atoms with Crippen molar-refractivity contribution in [3.8, 4) is 0 Å². The van der Waals surface area contributed by atoms with Crippen LogP contribution in [0.25, 0.3) is 0 Å². The van der Waals surface area contributed by atoms with E-state index in [1.54, 1.807) is 0 Å². The van der Waals surface area contributed by atoms with Crippen LogP contribution in [0.2, 0.25) is 0 Å². The number of hydrogen-bond donors (Lipinski definition) is 12. The lowest BCUT2D eigenvalue weighted by molar-refractivity contribution is -0.146. The van der Waals surface area contributed by atoms with Crippen molar-refractivity contribution in [2.75, 3.05) is 39.3 Å². The zero-order chi connectivity index (χ0) is 54.2. The monoisotopic (exact) mass is 1020 g/mol. The molecule has 10 unspecified atom stereocenters. The van der Waals surface area contributed by atoms with E-state index in [1.807, 2.05) is 34.6 Å². The molecule has 0 saturated carbocycles. The number of carbonyl (C=O) groups excluding carboxylic acids is 11. The van der Waals surface area contributed by atoms with Crippen LogP contribution in [-0.4, -0.2) is 190 Å². The van der Waals surface area contributed by atoms with Crippen LogP contribution in [-0.2, 0) is 52.7 Å². The van der Waals surface area contributed by atoms with E-state index in [4.69, 9.17) is 10.8 Å². The Balaban J connectivity index is 2.22. The molecule has 25 nitrogen and oxygen atoms in total. The molecule has 10 atom stereocenters. The molecule has 0 aliphatic carbocycles. The Morgan fingerprint density at radius 2 is 1.15 bits per heavy atom. The fourth-order valence-electron chi connectivity index (χ4n) is 8.37. The first kappa shape index (κ1) is 62.3. The van der Waals surface area contributed by atoms with Gasteiger partial charge in [-0.2, -0.15) is 0 Å². The summed E-state index contributed by atoms with van der Waals surface area (Å²) >= 11 is 0. The van der Waals surface area contributed by atoms with Crippen LogP contribution in [0, 0.1) is 11.8 Å². The smallest absolute Gasteiger partial charge is 0.248 e. The van der Waals surface area contributed by atoms with E-state index in [0.717, 1.165) is 0 Å². The van der Waals surface area contributed by atoms with Crippen LogP contribution in [0.3, 0.4) is 0 Å². The van der Waals surface area contributed by atoms with Gasteiger partial charge in [0.05, 0.1) is 31.9 Å². The lowest BCUT2D eigenvalue weighted by Crippen LogP contribution is -2.62. The van der Waals surface area contributed by atoms with Gasteiger partial charge in [0.1, 0.15) is 54.6 Å². The summed E-state index contributed by atoms with van der Waals surface area (Å²) in [5.41, 5.74) is 5.63. The van der Waals surface area contributed by atoms with E-state index < -0.39 is 133 Å². The summed E-state index contributed by atoms with van der Waals surface area (Å²) in [6.45, 7) is 10.4. The number of aldehydes is 1. The highest BCUT2D eigenvalue weighted by atomic mass is 16.3. The zero-order valence-corrected chi connectivity index (χ0v) is 42.8. The number of likely N-dealkylation sites (tertiary alicyclic amines) is 2. The van der Waals surface area contributed by atoms with Crippen molar-refractivity contribution in [1.29, 1.82) is 0 Å². The van der Waals surface area contributed by atoms with E-state index >= 15 is 0 Å². The fourth-order valence-corrected chi connectivity index (χ4v) is 8.37. The summed E-state index contributed by atoms with van der Waals surface area (Å²) in [6, 6.07) is -9.90. The van der Waals surface area contributed by atoms with Crippen LogP contribution in [0.15, 0.2) is 0 Å². The number of aliphatic hydroxyl groups is 3. The van der Waals surface area contributed by atoms with Crippen LogP contribution < -0.4 is 48.3 Å². The molecule has 2 fully saturated rings. The van der Waals surface area contributed by atoms with Crippen LogP contribution in [0.5, 0.6) is 0 Å². The van der Waals surface area contributed by atoms with Crippen molar-refractivity contribution in [3.05, 3.63) is 0 Å². The quantitative estimate of drug-likeness (QED) is 0.0233. The maximum atomic E-state index is 14.4. The van der Waals surface area contributed by atoms with Crippen LogP contribution in [0.1, 0.15) is 119 Å². The number of amides is 10. The standard InChI is InChI=1S/C47H81N11O14/c1-8-13-36(63)52-31(14-9-10-17-48)41(66)55-39(28(6)61)45(70)53-32(20-26(2)3)42(67)54-33(21-27(4)5)46(71)57-18-12-16-35(57)44(69)56-40(29(7)62)47(72)58-19-11-15-34(58)43(68)50-22-37(64)49-23-38(65)51-30(24-59)25-60/h24,26-35,39-40,60-62H,8-23,25,48H2,1-7H3,(H,49,64)(H,50,68)(H,51,65)(H,52,63)(H,53,70)(H,54,67)(H,55,66)(H,56,69). The molecule has 0 aromatic heterocycles. The number of nitrogens with two attached hydrogens (primary N) is 1. The fraction of sp³-hybridized carbons (Fsp3) is 0.766. The first-order valence-corrected chi connectivity index (χ1v) is 25.1. The number of rotatable bonds is 31. The van der Waals surface area contributed by atoms with E-state index in [-0.39, 0.29) is 69.4 Å². The molecular weight excluding hydrogens is 943 g/mol. The Hall–Kier alpha value is -5.79. The van der Waals surface area contributed by atoms with Gasteiger partial charge in [-0.15, -0.1) is 0 Å². The average molecular weight is 1020 g/mol. The topological polar surface area (TPSA) is 377 Å². The highest BCUT2D eigenvalue weighted by Crippen LogP contribution is 2.23. The lowest BCUT2D eigenvalue weighted by Gasteiger charge is -2.33. The number of aliphatic hydroxyl groups excluding tert-OH is 3. The van der Waals surface area contributed by atoms with Gasteiger partial charge in [0.2, 0.25) is 59.1 Å². The van der Waals surface area contributed by atoms with Gasteiger partial charge in [0, 0.05) is 19.5 Å². The van der Waals surface area contributed by atoms with Crippen molar-refractivity contribution in [2.45, 2.75) is 180 Å². The molecule has 25 heteroatoms. The van der Waals surface area contributed by atoms with Crippen molar-refractivity contribution >= 4 is 65.4 Å². The predicted molar refractivity (Wildman–Crippen MR) is 260 cm³/mol. The molecule has 0 bridgehead atoms. The first-order valence-electron chi connectivity index (χ1n) is 25.1. The minimum atomic E-state index is -1.55. The second kappa shape index (κ2) is 31.6. The van der Waals surface area contributed by atoms with E-state index in [1.165, 1.54) is 23.6 Å². The van der Waals surface area contributed by atoms with Crippen molar-refractivity contribution < 1.29 is 68.1 Å². The van der Waals surface area contributed by atoms with Crippen LogP contribution >= 0.6 is 0 Å². The highest BCUT2D eigenvalue weighted by Gasteiger charge is 2.43. The lowest BCUT2D eigenvalue weighted by atomic mass is 9.99. The van der Waals surface area contributed by atoms with Gasteiger partial charge in [-0.3, -0.25) is 47.9 Å². The van der Waals surface area contributed by atoms with Gasteiger partial charge in [-0.05, 0) is 96.4 Å². The molecule has 408 valence electrons. The third-order valence-corrected chi connectivity index (χ3v) is 12.1. The number of nitrogens with one attached hydrogen (secondary N) is 8. The molecule has 2 rings (SSSR count). The Labute approximate surface area is 421 Å². The van der Waals surface area contributed by atoms with Crippen LogP contribution in [0.4, 0.5) is 0 Å². The maximum absolute atomic E-state index is 14.4. The second-order valence-corrected chi connectivity index (χ2v) is 19.4.